The molecule has 1 aromatic rings. The lowest BCUT2D eigenvalue weighted by molar-refractivity contribution is -0.296. The van der Waals surface area contributed by atoms with Crippen molar-refractivity contribution in [2.24, 2.45) is 13.0 Å². The second-order valence-electron chi connectivity index (χ2n) is 6.08. The van der Waals surface area contributed by atoms with Gasteiger partial charge in [-0.3, -0.25) is 4.79 Å². The van der Waals surface area contributed by atoms with Gasteiger partial charge in [0.15, 0.2) is 5.79 Å². The largest absolute Gasteiger partial charge is 0.481 e. The molecule has 2 atom stereocenters. The number of rotatable bonds is 6. The number of aliphatic carboxylic acids is 1. The Hall–Kier alpha value is -1.66. The van der Waals surface area contributed by atoms with Crippen molar-refractivity contribution >= 4 is 5.97 Å². The van der Waals surface area contributed by atoms with Gasteiger partial charge >= 0.3 is 5.97 Å². The number of carboxylic acids is 1. The monoisotopic (exact) mass is 308 g/mol. The number of aryl methyl sites for hydroxylation is 1. The summed E-state index contributed by atoms with van der Waals surface area (Å²) in [7, 11) is 1.95. The minimum absolute atomic E-state index is 0.0830. The van der Waals surface area contributed by atoms with E-state index in [0.717, 1.165) is 12.1 Å². The van der Waals surface area contributed by atoms with Gasteiger partial charge in [-0.05, 0) is 26.7 Å². The Kier molecular flexibility index (Phi) is 5.37. The van der Waals surface area contributed by atoms with E-state index in [4.69, 9.17) is 14.6 Å². The normalized spacial score (nSPS) is 24.7. The first-order chi connectivity index (χ1) is 10.4. The molecule has 2 rings (SSSR count). The fourth-order valence-corrected chi connectivity index (χ4v) is 2.56. The zero-order valence-corrected chi connectivity index (χ0v) is 13.4. The molecule has 1 saturated heterocycles. The van der Waals surface area contributed by atoms with Crippen LogP contribution in [0, 0.1) is 5.92 Å². The molecule has 6 heteroatoms. The van der Waals surface area contributed by atoms with E-state index in [-0.39, 0.29) is 18.4 Å². The van der Waals surface area contributed by atoms with Crippen molar-refractivity contribution in [2.45, 2.75) is 45.0 Å². The summed E-state index contributed by atoms with van der Waals surface area (Å²) in [6.45, 7) is 4.43. The van der Waals surface area contributed by atoms with E-state index in [1.165, 1.54) is 0 Å². The van der Waals surface area contributed by atoms with Gasteiger partial charge in [0.05, 0.1) is 24.8 Å². The van der Waals surface area contributed by atoms with E-state index in [1.807, 2.05) is 43.8 Å². The topological polar surface area (TPSA) is 73.6 Å². The first-order valence-electron chi connectivity index (χ1n) is 7.54. The number of allylic oxidation sites excluding steroid dienone is 2. The summed E-state index contributed by atoms with van der Waals surface area (Å²) in [5, 5.41) is 8.63. The fourth-order valence-electron chi connectivity index (χ4n) is 2.56. The highest BCUT2D eigenvalue weighted by Gasteiger charge is 2.38. The number of carbonyl (C=O) groups is 1. The lowest BCUT2D eigenvalue weighted by Gasteiger charge is -2.41. The van der Waals surface area contributed by atoms with Crippen molar-refractivity contribution < 1.29 is 19.4 Å². The number of imidazole rings is 1. The number of ether oxygens (including phenoxy) is 2. The van der Waals surface area contributed by atoms with Crippen molar-refractivity contribution in [2.75, 3.05) is 6.61 Å². The first-order valence-corrected chi connectivity index (χ1v) is 7.54. The van der Waals surface area contributed by atoms with Crippen molar-refractivity contribution in [3.05, 3.63) is 30.4 Å². The van der Waals surface area contributed by atoms with E-state index < -0.39 is 11.8 Å². The summed E-state index contributed by atoms with van der Waals surface area (Å²) >= 11 is 0. The summed E-state index contributed by atoms with van der Waals surface area (Å²) in [5.41, 5.74) is 1.03. The van der Waals surface area contributed by atoms with E-state index >= 15 is 0 Å². The number of nitrogens with zero attached hydrogens (tertiary/aromatic N) is 2. The molecule has 122 valence electrons. The van der Waals surface area contributed by atoms with E-state index in [9.17, 15) is 4.79 Å². The van der Waals surface area contributed by atoms with Gasteiger partial charge in [0.25, 0.3) is 0 Å². The highest BCUT2D eigenvalue weighted by Crippen LogP contribution is 2.38. The van der Waals surface area contributed by atoms with Crippen LogP contribution in [0.25, 0.3) is 0 Å². The predicted octanol–water partition coefficient (Wildman–Crippen LogP) is 2.67. The predicted molar refractivity (Wildman–Crippen MR) is 81.2 cm³/mol. The average Bonchev–Trinajstić information content (AvgIpc) is 2.85. The molecule has 2 heterocycles. The summed E-state index contributed by atoms with van der Waals surface area (Å²) in [6.07, 6.45) is 8.92. The standard InChI is InChI=1S/C16H24N2O4/c1-16(2)21-10-12(7-5-4-6-8-14(19)20)15(22-16)13-9-17-11-18(13)3/h4-5,9,11-12,15H,6-8,10H2,1-3H3,(H,19,20)/b5-4-/t12-,15+/m1/s1. The molecule has 1 aromatic heterocycles. The molecule has 1 N–H and O–H groups in total. The molecular formula is C16H24N2O4. The molecule has 0 unspecified atom stereocenters. The molecule has 0 radical (unpaired) electrons. The molecule has 0 aromatic carbocycles. The van der Waals surface area contributed by atoms with Crippen LogP contribution >= 0.6 is 0 Å². The van der Waals surface area contributed by atoms with Gasteiger partial charge in [-0.15, -0.1) is 0 Å². The molecule has 0 spiro atoms. The Bertz CT molecular complexity index is 536. The maximum Gasteiger partial charge on any atom is 0.303 e. The SMILES string of the molecule is Cn1cncc1[C@H]1OC(C)(C)OC[C@H]1C/C=C\CCC(=O)O. The Morgan fingerprint density at radius 2 is 2.32 bits per heavy atom. The minimum Gasteiger partial charge on any atom is -0.481 e. The summed E-state index contributed by atoms with van der Waals surface area (Å²) in [4.78, 5) is 14.7. The van der Waals surface area contributed by atoms with Crippen LogP contribution < -0.4 is 0 Å². The van der Waals surface area contributed by atoms with E-state index in [2.05, 4.69) is 4.98 Å². The summed E-state index contributed by atoms with van der Waals surface area (Å²) < 4.78 is 13.8. The van der Waals surface area contributed by atoms with Gasteiger partial charge < -0.3 is 19.1 Å². The van der Waals surface area contributed by atoms with E-state index in [1.54, 1.807) is 6.33 Å². The van der Waals surface area contributed by atoms with Crippen LogP contribution in [0.3, 0.4) is 0 Å². The second-order valence-corrected chi connectivity index (χ2v) is 6.08. The van der Waals surface area contributed by atoms with Crippen LogP contribution in [0.2, 0.25) is 0 Å². The van der Waals surface area contributed by atoms with Gasteiger partial charge in [0.1, 0.15) is 6.10 Å². The van der Waals surface area contributed by atoms with Gasteiger partial charge in [-0.1, -0.05) is 12.2 Å². The molecular weight excluding hydrogens is 284 g/mol. The van der Waals surface area contributed by atoms with Crippen LogP contribution in [-0.4, -0.2) is 33.0 Å². The molecule has 1 aliphatic rings. The summed E-state index contributed by atoms with van der Waals surface area (Å²) in [6, 6.07) is 0. The molecule has 22 heavy (non-hydrogen) atoms. The van der Waals surface area contributed by atoms with Crippen LogP contribution in [0.4, 0.5) is 0 Å². The molecule has 1 aliphatic heterocycles. The Balaban J connectivity index is 2.01. The number of aromatic nitrogens is 2. The van der Waals surface area contributed by atoms with Crippen LogP contribution in [0.5, 0.6) is 0 Å². The van der Waals surface area contributed by atoms with Crippen LogP contribution in [0.1, 0.15) is 44.9 Å². The fraction of sp³-hybridized carbons (Fsp3) is 0.625. The van der Waals surface area contributed by atoms with Crippen molar-refractivity contribution in [3.63, 3.8) is 0 Å². The quantitative estimate of drug-likeness (QED) is 0.818. The number of carboxylic acid groups (broad SMARTS) is 1. The highest BCUT2D eigenvalue weighted by atomic mass is 16.7. The molecule has 0 amide bonds. The summed E-state index contributed by atoms with van der Waals surface area (Å²) in [5.74, 6) is -1.20. The Morgan fingerprint density at radius 1 is 1.55 bits per heavy atom. The zero-order chi connectivity index (χ0) is 16.2. The van der Waals surface area contributed by atoms with Crippen LogP contribution in [-0.2, 0) is 21.3 Å². The number of hydrogen-bond acceptors (Lipinski definition) is 4. The van der Waals surface area contributed by atoms with Crippen LogP contribution in [0.15, 0.2) is 24.7 Å². The Morgan fingerprint density at radius 3 is 2.95 bits per heavy atom. The molecule has 0 aliphatic carbocycles. The highest BCUT2D eigenvalue weighted by molar-refractivity contribution is 5.66. The number of hydrogen-bond donors (Lipinski definition) is 1. The minimum atomic E-state index is -0.775. The second kappa shape index (κ2) is 7.07. The van der Waals surface area contributed by atoms with E-state index in [0.29, 0.717) is 13.0 Å². The molecule has 0 bridgehead atoms. The lowest BCUT2D eigenvalue weighted by atomic mass is 9.94. The maximum atomic E-state index is 10.5. The van der Waals surface area contributed by atoms with Crippen molar-refractivity contribution in [3.8, 4) is 0 Å². The molecule has 6 nitrogen and oxygen atoms in total. The first kappa shape index (κ1) is 16.7. The van der Waals surface area contributed by atoms with Gasteiger partial charge in [0.2, 0.25) is 0 Å². The van der Waals surface area contributed by atoms with Crippen molar-refractivity contribution in [1.29, 1.82) is 0 Å². The third-order valence-electron chi connectivity index (χ3n) is 3.76. The maximum absolute atomic E-state index is 10.5. The molecule has 0 saturated carbocycles. The van der Waals surface area contributed by atoms with Gasteiger partial charge in [-0.25, -0.2) is 4.98 Å². The smallest absolute Gasteiger partial charge is 0.303 e. The van der Waals surface area contributed by atoms with Crippen molar-refractivity contribution in [1.82, 2.24) is 9.55 Å². The Labute approximate surface area is 130 Å². The third kappa shape index (κ3) is 4.42. The lowest BCUT2D eigenvalue weighted by Crippen LogP contribution is -2.41. The van der Waals surface area contributed by atoms with Gasteiger partial charge in [0, 0.05) is 19.4 Å². The molecule has 1 fully saturated rings. The zero-order valence-electron chi connectivity index (χ0n) is 13.4. The average molecular weight is 308 g/mol. The van der Waals surface area contributed by atoms with Gasteiger partial charge in [-0.2, -0.15) is 0 Å². The third-order valence-corrected chi connectivity index (χ3v) is 3.76.